The van der Waals surface area contributed by atoms with Crippen molar-refractivity contribution in [3.8, 4) is 0 Å². The maximum atomic E-state index is 6.23. The highest BCUT2D eigenvalue weighted by molar-refractivity contribution is 5.78. The first-order valence-electron chi connectivity index (χ1n) is 6.45. The van der Waals surface area contributed by atoms with Gasteiger partial charge in [-0.3, -0.25) is 4.98 Å². The van der Waals surface area contributed by atoms with Gasteiger partial charge < -0.3 is 5.73 Å². The molecule has 1 fully saturated rings. The van der Waals surface area contributed by atoms with Gasteiger partial charge in [0.1, 0.15) is 0 Å². The maximum absolute atomic E-state index is 6.23. The van der Waals surface area contributed by atoms with Crippen molar-refractivity contribution < 1.29 is 0 Å². The number of para-hydroxylation sites is 1. The van der Waals surface area contributed by atoms with Gasteiger partial charge in [-0.05, 0) is 30.5 Å². The quantitative estimate of drug-likeness (QED) is 0.811. The van der Waals surface area contributed by atoms with Crippen LogP contribution in [0.3, 0.4) is 0 Å². The van der Waals surface area contributed by atoms with Crippen molar-refractivity contribution in [1.82, 2.24) is 4.98 Å². The van der Waals surface area contributed by atoms with E-state index in [1.807, 2.05) is 12.3 Å². The minimum Gasteiger partial charge on any atom is -0.327 e. The van der Waals surface area contributed by atoms with E-state index in [4.69, 9.17) is 5.73 Å². The first-order valence-corrected chi connectivity index (χ1v) is 6.45. The molecular formula is C15H18N2. The topological polar surface area (TPSA) is 38.9 Å². The molecule has 2 unspecified atom stereocenters. The van der Waals surface area contributed by atoms with Crippen molar-refractivity contribution in [1.29, 1.82) is 0 Å². The van der Waals surface area contributed by atoms with Gasteiger partial charge in [0.2, 0.25) is 0 Å². The van der Waals surface area contributed by atoms with E-state index >= 15 is 0 Å². The van der Waals surface area contributed by atoms with E-state index in [-0.39, 0.29) is 0 Å². The normalized spacial score (nSPS) is 25.0. The summed E-state index contributed by atoms with van der Waals surface area (Å²) in [4.78, 5) is 4.54. The van der Waals surface area contributed by atoms with Crippen molar-refractivity contribution in [2.24, 2.45) is 5.73 Å². The molecule has 2 aromatic rings. The Labute approximate surface area is 102 Å². The standard InChI is InChI=1S/C15H18N2/c16-14-7-3-2-6-13(14)12-9-11-5-1-4-8-15(11)17-10-12/h1,4-5,8-10,13-14H,2-3,6-7,16H2. The third kappa shape index (κ3) is 2.05. The number of hydrogen-bond acceptors (Lipinski definition) is 2. The van der Waals surface area contributed by atoms with Crippen LogP contribution in [0.5, 0.6) is 0 Å². The minimum absolute atomic E-state index is 0.312. The summed E-state index contributed by atoms with van der Waals surface area (Å²) in [6, 6.07) is 10.8. The predicted octanol–water partition coefficient (Wildman–Crippen LogP) is 3.22. The van der Waals surface area contributed by atoms with E-state index in [9.17, 15) is 0 Å². The highest BCUT2D eigenvalue weighted by atomic mass is 14.7. The van der Waals surface area contributed by atoms with E-state index < -0.39 is 0 Å². The number of aromatic nitrogens is 1. The number of pyridine rings is 1. The first kappa shape index (κ1) is 10.7. The lowest BCUT2D eigenvalue weighted by molar-refractivity contribution is 0.385. The molecule has 0 amide bonds. The molecule has 2 nitrogen and oxygen atoms in total. The summed E-state index contributed by atoms with van der Waals surface area (Å²) in [5.41, 5.74) is 8.61. The number of nitrogens with zero attached hydrogens (tertiary/aromatic N) is 1. The Hall–Kier alpha value is -1.41. The first-order chi connectivity index (χ1) is 8.34. The third-order valence-electron chi connectivity index (χ3n) is 3.86. The van der Waals surface area contributed by atoms with Crippen molar-refractivity contribution in [3.63, 3.8) is 0 Å². The fourth-order valence-corrected chi connectivity index (χ4v) is 2.86. The zero-order valence-electron chi connectivity index (χ0n) is 9.97. The average Bonchev–Trinajstić information content (AvgIpc) is 2.39. The molecule has 2 N–H and O–H groups in total. The Kier molecular flexibility index (Phi) is 2.81. The summed E-state index contributed by atoms with van der Waals surface area (Å²) >= 11 is 0. The largest absolute Gasteiger partial charge is 0.327 e. The Bertz CT molecular complexity index is 521. The second-order valence-electron chi connectivity index (χ2n) is 5.02. The molecule has 88 valence electrons. The van der Waals surface area contributed by atoms with Gasteiger partial charge in [0.15, 0.2) is 0 Å². The van der Waals surface area contributed by atoms with Crippen molar-refractivity contribution in [2.75, 3.05) is 0 Å². The van der Waals surface area contributed by atoms with Crippen molar-refractivity contribution >= 4 is 10.9 Å². The molecule has 0 spiro atoms. The zero-order valence-corrected chi connectivity index (χ0v) is 9.97. The highest BCUT2D eigenvalue weighted by Gasteiger charge is 2.23. The van der Waals surface area contributed by atoms with Crippen molar-refractivity contribution in [2.45, 2.75) is 37.6 Å². The van der Waals surface area contributed by atoms with E-state index in [2.05, 4.69) is 29.2 Å². The van der Waals surface area contributed by atoms with Gasteiger partial charge in [-0.25, -0.2) is 0 Å². The van der Waals surface area contributed by atoms with Gasteiger partial charge in [-0.1, -0.05) is 31.0 Å². The molecule has 1 saturated carbocycles. The van der Waals surface area contributed by atoms with Crippen LogP contribution in [0.1, 0.15) is 37.2 Å². The lowest BCUT2D eigenvalue weighted by Gasteiger charge is -2.28. The van der Waals surface area contributed by atoms with Gasteiger partial charge in [0.25, 0.3) is 0 Å². The number of rotatable bonds is 1. The molecule has 3 rings (SSSR count). The Morgan fingerprint density at radius 3 is 2.82 bits per heavy atom. The SMILES string of the molecule is NC1CCCCC1c1cnc2ccccc2c1. The Morgan fingerprint density at radius 2 is 1.94 bits per heavy atom. The van der Waals surface area contributed by atoms with Crippen molar-refractivity contribution in [3.05, 3.63) is 42.1 Å². The van der Waals surface area contributed by atoms with Crippen LogP contribution in [0.2, 0.25) is 0 Å². The van der Waals surface area contributed by atoms with Crippen LogP contribution < -0.4 is 5.73 Å². The number of fused-ring (bicyclic) bond motifs is 1. The van der Waals surface area contributed by atoms with E-state index in [1.165, 1.54) is 30.2 Å². The zero-order chi connectivity index (χ0) is 11.7. The molecule has 1 aliphatic rings. The number of hydrogen-bond donors (Lipinski definition) is 1. The number of benzene rings is 1. The van der Waals surface area contributed by atoms with E-state index in [0.29, 0.717) is 12.0 Å². The maximum Gasteiger partial charge on any atom is 0.0702 e. The molecule has 1 aromatic carbocycles. The molecule has 17 heavy (non-hydrogen) atoms. The second-order valence-corrected chi connectivity index (χ2v) is 5.02. The summed E-state index contributed by atoms with van der Waals surface area (Å²) < 4.78 is 0. The summed E-state index contributed by atoms with van der Waals surface area (Å²) in [7, 11) is 0. The molecular weight excluding hydrogens is 208 g/mol. The molecule has 2 atom stereocenters. The molecule has 1 aromatic heterocycles. The summed E-state index contributed by atoms with van der Waals surface area (Å²) in [6.45, 7) is 0. The van der Waals surface area contributed by atoms with E-state index in [1.54, 1.807) is 0 Å². The molecule has 0 radical (unpaired) electrons. The fourth-order valence-electron chi connectivity index (χ4n) is 2.86. The van der Waals surface area contributed by atoms with Crippen LogP contribution in [-0.2, 0) is 0 Å². The predicted molar refractivity (Wildman–Crippen MR) is 70.9 cm³/mol. The molecule has 0 saturated heterocycles. The smallest absolute Gasteiger partial charge is 0.0702 e. The van der Waals surface area contributed by atoms with Gasteiger partial charge >= 0.3 is 0 Å². The molecule has 2 heteroatoms. The summed E-state index contributed by atoms with van der Waals surface area (Å²) in [5.74, 6) is 0.501. The van der Waals surface area contributed by atoms with Gasteiger partial charge in [0, 0.05) is 23.5 Å². The van der Waals surface area contributed by atoms with Crippen LogP contribution >= 0.6 is 0 Å². The molecule has 0 aliphatic heterocycles. The van der Waals surface area contributed by atoms with Gasteiger partial charge in [0.05, 0.1) is 5.52 Å². The lowest BCUT2D eigenvalue weighted by atomic mass is 9.81. The Balaban J connectivity index is 1.99. The van der Waals surface area contributed by atoms with Gasteiger partial charge in [-0.2, -0.15) is 0 Å². The van der Waals surface area contributed by atoms with Crippen LogP contribution in [0, 0.1) is 0 Å². The number of nitrogens with two attached hydrogens (primary N) is 1. The van der Waals surface area contributed by atoms with Crippen LogP contribution in [0.4, 0.5) is 0 Å². The molecule has 1 heterocycles. The fraction of sp³-hybridized carbons (Fsp3) is 0.400. The van der Waals surface area contributed by atoms with Crippen LogP contribution in [-0.4, -0.2) is 11.0 Å². The van der Waals surface area contributed by atoms with Gasteiger partial charge in [-0.15, -0.1) is 0 Å². The Morgan fingerprint density at radius 1 is 1.12 bits per heavy atom. The lowest BCUT2D eigenvalue weighted by Crippen LogP contribution is -2.31. The molecule has 0 bridgehead atoms. The minimum atomic E-state index is 0.312. The summed E-state index contributed by atoms with van der Waals surface area (Å²) in [6.07, 6.45) is 6.95. The second kappa shape index (κ2) is 4.46. The third-order valence-corrected chi connectivity index (χ3v) is 3.86. The van der Waals surface area contributed by atoms with Crippen LogP contribution in [0.25, 0.3) is 10.9 Å². The summed E-state index contributed by atoms with van der Waals surface area (Å²) in [5, 5.41) is 1.22. The van der Waals surface area contributed by atoms with Crippen LogP contribution in [0.15, 0.2) is 36.5 Å². The average molecular weight is 226 g/mol. The highest BCUT2D eigenvalue weighted by Crippen LogP contribution is 2.32. The monoisotopic (exact) mass is 226 g/mol. The van der Waals surface area contributed by atoms with E-state index in [0.717, 1.165) is 11.9 Å². The molecule has 1 aliphatic carbocycles.